The number of ether oxygens (including phenoxy) is 2. The number of benzene rings is 1. The molecule has 0 radical (unpaired) electrons. The van der Waals surface area contributed by atoms with Gasteiger partial charge in [0.15, 0.2) is 0 Å². The molecule has 0 aliphatic heterocycles. The molecule has 1 aromatic carbocycles. The fourth-order valence-electron chi connectivity index (χ4n) is 1.63. The smallest absolute Gasteiger partial charge is 0.354 e. The number of hydrogen-bond donors (Lipinski definition) is 1. The Bertz CT molecular complexity index is 677. The lowest BCUT2D eigenvalue weighted by molar-refractivity contribution is -0.138. The van der Waals surface area contributed by atoms with Crippen molar-refractivity contribution in [1.82, 2.24) is 15.0 Å². The third kappa shape index (κ3) is 3.69. The number of hydrogen-bond acceptors (Lipinski definition) is 7. The Morgan fingerprint density at radius 2 is 1.91 bits per heavy atom. The SMILES string of the molecule is COC(=O)/C=C(/Nc1ccc(-n2ccnn2)cc1)C(=O)OC. The first-order valence-electron chi connectivity index (χ1n) is 6.26. The van der Waals surface area contributed by atoms with Gasteiger partial charge in [-0.1, -0.05) is 5.21 Å². The molecule has 8 heteroatoms. The number of carbonyl (C=O) groups is 2. The van der Waals surface area contributed by atoms with Crippen LogP contribution in [0.1, 0.15) is 0 Å². The molecule has 2 aromatic rings. The van der Waals surface area contributed by atoms with Gasteiger partial charge in [-0.05, 0) is 24.3 Å². The minimum absolute atomic E-state index is 0.0251. The molecule has 0 atom stereocenters. The van der Waals surface area contributed by atoms with Crippen LogP contribution in [-0.4, -0.2) is 41.2 Å². The van der Waals surface area contributed by atoms with Crippen molar-refractivity contribution in [1.29, 1.82) is 0 Å². The lowest BCUT2D eigenvalue weighted by Gasteiger charge is -2.09. The van der Waals surface area contributed by atoms with Crippen LogP contribution in [0.2, 0.25) is 0 Å². The fourth-order valence-corrected chi connectivity index (χ4v) is 1.63. The number of esters is 2. The standard InChI is InChI=1S/C14H14N4O4/c1-21-13(19)9-12(14(20)22-2)16-10-3-5-11(6-4-10)18-8-7-15-17-18/h3-9,16H,1-2H3/b12-9+. The Hall–Kier alpha value is -3.16. The summed E-state index contributed by atoms with van der Waals surface area (Å²) in [4.78, 5) is 22.9. The molecule has 0 saturated carbocycles. The van der Waals surface area contributed by atoms with Crippen molar-refractivity contribution in [2.75, 3.05) is 19.5 Å². The van der Waals surface area contributed by atoms with Gasteiger partial charge in [0.2, 0.25) is 0 Å². The number of carbonyl (C=O) groups excluding carboxylic acids is 2. The lowest BCUT2D eigenvalue weighted by Crippen LogP contribution is -2.15. The second-order valence-corrected chi connectivity index (χ2v) is 4.09. The Morgan fingerprint density at radius 1 is 1.18 bits per heavy atom. The molecule has 114 valence electrons. The van der Waals surface area contributed by atoms with E-state index < -0.39 is 11.9 Å². The van der Waals surface area contributed by atoms with Crippen LogP contribution in [0.3, 0.4) is 0 Å². The normalized spacial score (nSPS) is 10.9. The van der Waals surface area contributed by atoms with Gasteiger partial charge in [0, 0.05) is 5.69 Å². The van der Waals surface area contributed by atoms with Gasteiger partial charge < -0.3 is 14.8 Å². The molecule has 1 heterocycles. The highest BCUT2D eigenvalue weighted by atomic mass is 16.5. The van der Waals surface area contributed by atoms with Gasteiger partial charge in [0.05, 0.1) is 38.4 Å². The number of nitrogens with one attached hydrogen (secondary N) is 1. The summed E-state index contributed by atoms with van der Waals surface area (Å²) in [6, 6.07) is 7.02. The second kappa shape index (κ2) is 7.02. The number of nitrogens with zero attached hydrogens (tertiary/aromatic N) is 3. The predicted octanol–water partition coefficient (Wildman–Crippen LogP) is 0.909. The average molecular weight is 302 g/mol. The molecule has 8 nitrogen and oxygen atoms in total. The van der Waals surface area contributed by atoms with Gasteiger partial charge in [-0.3, -0.25) is 0 Å². The summed E-state index contributed by atoms with van der Waals surface area (Å²) < 4.78 is 10.7. The molecule has 0 spiro atoms. The highest BCUT2D eigenvalue weighted by Gasteiger charge is 2.12. The maximum absolute atomic E-state index is 11.6. The Labute approximate surface area is 126 Å². The number of rotatable bonds is 5. The van der Waals surface area contributed by atoms with E-state index in [2.05, 4.69) is 25.1 Å². The number of aromatic nitrogens is 3. The van der Waals surface area contributed by atoms with Crippen LogP contribution < -0.4 is 5.32 Å². The van der Waals surface area contributed by atoms with E-state index in [9.17, 15) is 9.59 Å². The maximum atomic E-state index is 11.6. The van der Waals surface area contributed by atoms with Crippen LogP contribution in [0.15, 0.2) is 48.4 Å². The monoisotopic (exact) mass is 302 g/mol. The lowest BCUT2D eigenvalue weighted by atomic mass is 10.2. The predicted molar refractivity (Wildman–Crippen MR) is 77.1 cm³/mol. The van der Waals surface area contributed by atoms with E-state index in [1.54, 1.807) is 41.3 Å². The first kappa shape index (κ1) is 15.2. The molecule has 0 saturated heterocycles. The van der Waals surface area contributed by atoms with Gasteiger partial charge in [0.1, 0.15) is 5.70 Å². The van der Waals surface area contributed by atoms with Crippen molar-refractivity contribution in [3.8, 4) is 5.69 Å². The summed E-state index contributed by atoms with van der Waals surface area (Å²) in [6.45, 7) is 0. The highest BCUT2D eigenvalue weighted by Crippen LogP contribution is 2.14. The largest absolute Gasteiger partial charge is 0.466 e. The maximum Gasteiger partial charge on any atom is 0.354 e. The van der Waals surface area contributed by atoms with Gasteiger partial charge in [-0.2, -0.15) is 0 Å². The van der Waals surface area contributed by atoms with Crippen molar-refractivity contribution in [2.45, 2.75) is 0 Å². The van der Waals surface area contributed by atoms with Crippen LogP contribution in [0.5, 0.6) is 0 Å². The number of methoxy groups -OCH3 is 2. The summed E-state index contributed by atoms with van der Waals surface area (Å²) in [5.74, 6) is -1.34. The van der Waals surface area contributed by atoms with Gasteiger partial charge >= 0.3 is 11.9 Å². The molecule has 0 amide bonds. The van der Waals surface area contributed by atoms with Crippen LogP contribution in [0.4, 0.5) is 5.69 Å². The molecule has 0 bridgehead atoms. The van der Waals surface area contributed by atoms with Crippen LogP contribution in [-0.2, 0) is 19.1 Å². The minimum atomic E-state index is -0.675. The van der Waals surface area contributed by atoms with E-state index >= 15 is 0 Å². The molecule has 2 rings (SSSR count). The second-order valence-electron chi connectivity index (χ2n) is 4.09. The molecule has 0 unspecified atom stereocenters. The molecule has 1 N–H and O–H groups in total. The minimum Gasteiger partial charge on any atom is -0.466 e. The van der Waals surface area contributed by atoms with Crippen molar-refractivity contribution >= 4 is 17.6 Å². The van der Waals surface area contributed by atoms with E-state index in [0.717, 1.165) is 11.8 Å². The molecule has 1 aromatic heterocycles. The summed E-state index contributed by atoms with van der Waals surface area (Å²) in [6.07, 6.45) is 4.30. The van der Waals surface area contributed by atoms with E-state index in [1.165, 1.54) is 14.2 Å². The van der Waals surface area contributed by atoms with E-state index in [0.29, 0.717) is 5.69 Å². The van der Waals surface area contributed by atoms with E-state index in [-0.39, 0.29) is 5.70 Å². The van der Waals surface area contributed by atoms with Gasteiger partial charge in [0.25, 0.3) is 0 Å². The zero-order chi connectivity index (χ0) is 15.9. The van der Waals surface area contributed by atoms with Gasteiger partial charge in [-0.25, -0.2) is 14.3 Å². The highest BCUT2D eigenvalue weighted by molar-refractivity contribution is 5.98. The summed E-state index contributed by atoms with van der Waals surface area (Å²) in [5.41, 5.74) is 1.38. The zero-order valence-corrected chi connectivity index (χ0v) is 12.0. The van der Waals surface area contributed by atoms with Crippen molar-refractivity contribution < 1.29 is 19.1 Å². The van der Waals surface area contributed by atoms with Crippen molar-refractivity contribution in [2.24, 2.45) is 0 Å². The third-order valence-electron chi connectivity index (χ3n) is 2.70. The van der Waals surface area contributed by atoms with Crippen LogP contribution >= 0.6 is 0 Å². The fraction of sp³-hybridized carbons (Fsp3) is 0.143. The molecular formula is C14H14N4O4. The van der Waals surface area contributed by atoms with Gasteiger partial charge in [-0.15, -0.1) is 5.10 Å². The first-order chi connectivity index (χ1) is 10.6. The summed E-state index contributed by atoms with van der Waals surface area (Å²) >= 11 is 0. The quantitative estimate of drug-likeness (QED) is 0.647. The Morgan fingerprint density at radius 3 is 2.45 bits per heavy atom. The molecule has 0 aliphatic carbocycles. The Balaban J connectivity index is 2.18. The van der Waals surface area contributed by atoms with E-state index in [1.807, 2.05) is 0 Å². The first-order valence-corrected chi connectivity index (χ1v) is 6.26. The summed E-state index contributed by atoms with van der Waals surface area (Å²) in [7, 11) is 2.45. The third-order valence-corrected chi connectivity index (χ3v) is 2.70. The molecule has 0 fully saturated rings. The molecule has 22 heavy (non-hydrogen) atoms. The van der Waals surface area contributed by atoms with Crippen molar-refractivity contribution in [3.63, 3.8) is 0 Å². The Kier molecular flexibility index (Phi) is 4.86. The van der Waals surface area contributed by atoms with Crippen molar-refractivity contribution in [3.05, 3.63) is 48.4 Å². The summed E-state index contributed by atoms with van der Waals surface area (Å²) in [5, 5.41) is 10.4. The van der Waals surface area contributed by atoms with Crippen LogP contribution in [0.25, 0.3) is 5.69 Å². The van der Waals surface area contributed by atoms with E-state index in [4.69, 9.17) is 0 Å². The number of anilines is 1. The molecular weight excluding hydrogens is 288 g/mol. The van der Waals surface area contributed by atoms with Crippen LogP contribution in [0, 0.1) is 0 Å². The molecule has 0 aliphatic rings. The average Bonchev–Trinajstić information content (AvgIpc) is 3.08. The zero-order valence-electron chi connectivity index (χ0n) is 12.0. The topological polar surface area (TPSA) is 95.3 Å².